The van der Waals surface area contributed by atoms with E-state index in [-0.39, 0.29) is 37.1 Å². The summed E-state index contributed by atoms with van der Waals surface area (Å²) in [4.78, 5) is 38.3. The summed E-state index contributed by atoms with van der Waals surface area (Å²) in [5.41, 5.74) is 6.21. The summed E-state index contributed by atoms with van der Waals surface area (Å²) in [6.07, 6.45) is 0.660. The molecule has 2 N–H and O–H groups in total. The van der Waals surface area contributed by atoms with Crippen LogP contribution in [0.2, 0.25) is 0 Å². The van der Waals surface area contributed by atoms with Crippen LogP contribution in [0, 0.1) is 5.82 Å². The van der Waals surface area contributed by atoms with Crippen LogP contribution in [-0.4, -0.2) is 53.2 Å². The highest BCUT2D eigenvalue weighted by atomic mass is 19.1. The van der Waals surface area contributed by atoms with E-state index in [0.717, 1.165) is 5.56 Å². The van der Waals surface area contributed by atoms with Gasteiger partial charge in [-0.05, 0) is 24.1 Å². The van der Waals surface area contributed by atoms with Gasteiger partial charge < -0.3 is 15.5 Å². The molecule has 0 saturated carbocycles. The first-order valence-corrected chi connectivity index (χ1v) is 7.47. The molecule has 0 radical (unpaired) electrons. The number of halogens is 1. The Morgan fingerprint density at radius 3 is 2.43 bits per heavy atom. The smallest absolute Gasteiger partial charge is 0.242 e. The van der Waals surface area contributed by atoms with Crippen molar-refractivity contribution in [2.75, 3.05) is 19.6 Å². The van der Waals surface area contributed by atoms with E-state index in [1.165, 1.54) is 28.9 Å². The number of benzene rings is 1. The molecule has 7 heteroatoms. The Balaban J connectivity index is 1.98. The van der Waals surface area contributed by atoms with Crippen molar-refractivity contribution in [2.24, 2.45) is 5.73 Å². The molecule has 2 rings (SSSR count). The van der Waals surface area contributed by atoms with Crippen molar-refractivity contribution < 1.29 is 18.8 Å². The molecule has 1 atom stereocenters. The van der Waals surface area contributed by atoms with Gasteiger partial charge >= 0.3 is 0 Å². The van der Waals surface area contributed by atoms with E-state index >= 15 is 0 Å². The molecule has 0 spiro atoms. The van der Waals surface area contributed by atoms with Crippen LogP contribution in [0.15, 0.2) is 24.3 Å². The monoisotopic (exact) mass is 321 g/mol. The molecule has 0 aromatic heterocycles. The maximum atomic E-state index is 12.9. The second-order valence-electron chi connectivity index (χ2n) is 5.60. The zero-order valence-electron chi connectivity index (χ0n) is 13.0. The Kier molecular flexibility index (Phi) is 5.31. The molecule has 1 heterocycles. The van der Waals surface area contributed by atoms with Crippen LogP contribution in [0.1, 0.15) is 18.9 Å². The Morgan fingerprint density at radius 1 is 1.22 bits per heavy atom. The summed E-state index contributed by atoms with van der Waals surface area (Å²) in [6, 6.07) is 5.15. The lowest BCUT2D eigenvalue weighted by Crippen LogP contribution is -2.60. The first-order valence-electron chi connectivity index (χ1n) is 7.47. The Morgan fingerprint density at radius 2 is 1.87 bits per heavy atom. The Hall–Kier alpha value is -2.44. The fraction of sp³-hybridized carbons (Fsp3) is 0.438. The van der Waals surface area contributed by atoms with E-state index in [0.29, 0.717) is 13.0 Å². The van der Waals surface area contributed by atoms with Crippen LogP contribution in [0.5, 0.6) is 0 Å². The number of nitrogens with two attached hydrogens (primary N) is 1. The number of piperazine rings is 1. The van der Waals surface area contributed by atoms with Gasteiger partial charge in [0.25, 0.3) is 0 Å². The fourth-order valence-corrected chi connectivity index (χ4v) is 2.66. The number of primary amides is 1. The number of rotatable bonds is 4. The van der Waals surface area contributed by atoms with Gasteiger partial charge in [0, 0.05) is 26.4 Å². The van der Waals surface area contributed by atoms with Crippen LogP contribution in [0.4, 0.5) is 4.39 Å². The SMILES string of the molecule is CC(=O)N1CCN(C(=O)CCc2ccc(F)cc2)C(C(N)=O)C1. The number of hydrogen-bond acceptors (Lipinski definition) is 3. The van der Waals surface area contributed by atoms with E-state index in [2.05, 4.69) is 0 Å². The van der Waals surface area contributed by atoms with E-state index in [1.807, 2.05) is 0 Å². The minimum absolute atomic E-state index is 0.132. The van der Waals surface area contributed by atoms with Gasteiger partial charge in [0.15, 0.2) is 0 Å². The predicted molar refractivity (Wildman–Crippen MR) is 81.7 cm³/mol. The average molecular weight is 321 g/mol. The number of carbonyl (C=O) groups is 3. The van der Waals surface area contributed by atoms with Crippen LogP contribution in [-0.2, 0) is 20.8 Å². The summed E-state index contributed by atoms with van der Waals surface area (Å²) in [6.45, 7) is 2.23. The van der Waals surface area contributed by atoms with Crippen LogP contribution in [0.25, 0.3) is 0 Å². The van der Waals surface area contributed by atoms with Crippen LogP contribution < -0.4 is 5.73 Å². The van der Waals surface area contributed by atoms with Crippen molar-refractivity contribution in [3.8, 4) is 0 Å². The average Bonchev–Trinajstić information content (AvgIpc) is 2.53. The number of aryl methyl sites for hydroxylation is 1. The third kappa shape index (κ3) is 4.28. The van der Waals surface area contributed by atoms with E-state index < -0.39 is 11.9 Å². The molecule has 1 aromatic rings. The molecule has 1 saturated heterocycles. The van der Waals surface area contributed by atoms with Crippen molar-refractivity contribution in [2.45, 2.75) is 25.8 Å². The van der Waals surface area contributed by atoms with Gasteiger partial charge in [-0.3, -0.25) is 14.4 Å². The van der Waals surface area contributed by atoms with Crippen molar-refractivity contribution in [1.82, 2.24) is 9.80 Å². The van der Waals surface area contributed by atoms with Gasteiger partial charge in [-0.15, -0.1) is 0 Å². The van der Waals surface area contributed by atoms with Crippen molar-refractivity contribution in [1.29, 1.82) is 0 Å². The van der Waals surface area contributed by atoms with E-state index in [1.54, 1.807) is 12.1 Å². The molecular weight excluding hydrogens is 301 g/mol. The zero-order chi connectivity index (χ0) is 17.0. The molecule has 23 heavy (non-hydrogen) atoms. The largest absolute Gasteiger partial charge is 0.368 e. The zero-order valence-corrected chi connectivity index (χ0v) is 13.0. The third-order valence-corrected chi connectivity index (χ3v) is 4.02. The van der Waals surface area contributed by atoms with Gasteiger partial charge in [0.1, 0.15) is 11.9 Å². The molecule has 1 fully saturated rings. The molecule has 3 amide bonds. The molecule has 1 unspecified atom stereocenters. The van der Waals surface area contributed by atoms with Gasteiger partial charge in [0.05, 0.1) is 6.54 Å². The molecule has 0 bridgehead atoms. The molecular formula is C16H20FN3O3. The summed E-state index contributed by atoms with van der Waals surface area (Å²) in [5, 5.41) is 0. The third-order valence-electron chi connectivity index (χ3n) is 4.02. The van der Waals surface area contributed by atoms with E-state index in [9.17, 15) is 18.8 Å². The minimum Gasteiger partial charge on any atom is -0.368 e. The van der Waals surface area contributed by atoms with Gasteiger partial charge in [-0.2, -0.15) is 0 Å². The van der Waals surface area contributed by atoms with Gasteiger partial charge in [-0.1, -0.05) is 12.1 Å². The van der Waals surface area contributed by atoms with Crippen LogP contribution >= 0.6 is 0 Å². The lowest BCUT2D eigenvalue weighted by atomic mass is 10.1. The molecule has 1 aliphatic heterocycles. The highest BCUT2D eigenvalue weighted by molar-refractivity contribution is 5.88. The summed E-state index contributed by atoms with van der Waals surface area (Å²) in [5.74, 6) is -1.28. The normalized spacial score (nSPS) is 17.9. The quantitative estimate of drug-likeness (QED) is 0.866. The summed E-state index contributed by atoms with van der Waals surface area (Å²) in [7, 11) is 0. The Bertz CT molecular complexity index is 603. The molecule has 0 aliphatic carbocycles. The lowest BCUT2D eigenvalue weighted by molar-refractivity contribution is -0.146. The summed E-state index contributed by atoms with van der Waals surface area (Å²) >= 11 is 0. The number of amides is 3. The maximum Gasteiger partial charge on any atom is 0.242 e. The Labute approximate surface area is 134 Å². The second kappa shape index (κ2) is 7.21. The molecule has 1 aromatic carbocycles. The molecule has 6 nitrogen and oxygen atoms in total. The number of carbonyl (C=O) groups excluding carboxylic acids is 3. The topological polar surface area (TPSA) is 83.7 Å². The van der Waals surface area contributed by atoms with Crippen molar-refractivity contribution in [3.63, 3.8) is 0 Å². The first-order chi connectivity index (χ1) is 10.9. The minimum atomic E-state index is -0.798. The standard InChI is InChI=1S/C16H20FN3O3/c1-11(21)19-8-9-20(14(10-19)16(18)23)15(22)7-4-12-2-5-13(17)6-3-12/h2-3,5-6,14H,4,7-10H2,1H3,(H2,18,23). The molecule has 1 aliphatic rings. The number of nitrogens with zero attached hydrogens (tertiary/aromatic N) is 2. The highest BCUT2D eigenvalue weighted by Crippen LogP contribution is 2.13. The van der Waals surface area contributed by atoms with Crippen LogP contribution in [0.3, 0.4) is 0 Å². The number of hydrogen-bond donors (Lipinski definition) is 1. The van der Waals surface area contributed by atoms with Gasteiger partial charge in [-0.25, -0.2) is 4.39 Å². The fourth-order valence-electron chi connectivity index (χ4n) is 2.66. The maximum absolute atomic E-state index is 12.9. The van der Waals surface area contributed by atoms with E-state index in [4.69, 9.17) is 5.73 Å². The van der Waals surface area contributed by atoms with Crippen molar-refractivity contribution >= 4 is 17.7 Å². The first kappa shape index (κ1) is 16.9. The lowest BCUT2D eigenvalue weighted by Gasteiger charge is -2.39. The highest BCUT2D eigenvalue weighted by Gasteiger charge is 2.34. The molecule has 124 valence electrons. The van der Waals surface area contributed by atoms with Crippen molar-refractivity contribution in [3.05, 3.63) is 35.6 Å². The predicted octanol–water partition coefficient (Wildman–Crippen LogP) is 0.303. The summed E-state index contributed by atoms with van der Waals surface area (Å²) < 4.78 is 12.9. The van der Waals surface area contributed by atoms with Gasteiger partial charge in [0.2, 0.25) is 17.7 Å². The second-order valence-corrected chi connectivity index (χ2v) is 5.60.